The highest BCUT2D eigenvalue weighted by Crippen LogP contribution is 2.33. The van der Waals surface area contributed by atoms with E-state index in [1.165, 1.54) is 18.2 Å². The van der Waals surface area contributed by atoms with Crippen LogP contribution in [0.15, 0.2) is 28.7 Å². The first-order valence-electron chi connectivity index (χ1n) is 4.43. The first-order valence-corrected chi connectivity index (χ1v) is 6.80. The summed E-state index contributed by atoms with van der Waals surface area (Å²) in [4.78, 5) is 12.5. The Morgan fingerprint density at radius 3 is 2.53 bits per heavy atom. The van der Waals surface area contributed by atoms with Crippen LogP contribution in [0, 0.1) is 5.82 Å². The summed E-state index contributed by atoms with van der Waals surface area (Å²) in [5, 5.41) is -0.0717. The van der Waals surface area contributed by atoms with Crippen molar-refractivity contribution in [3.05, 3.63) is 54.4 Å². The van der Waals surface area contributed by atoms with Crippen molar-refractivity contribution in [1.82, 2.24) is 0 Å². The predicted octanol–water partition coefficient (Wildman–Crippen LogP) is 5.19. The number of rotatable bonds is 2. The summed E-state index contributed by atoms with van der Waals surface area (Å²) in [6, 6.07) is 5.50. The molecule has 1 nitrogen and oxygen atoms in total. The first kappa shape index (κ1) is 13.0. The van der Waals surface area contributed by atoms with Crippen LogP contribution in [-0.4, -0.2) is 5.78 Å². The van der Waals surface area contributed by atoms with Crippen molar-refractivity contribution in [2.24, 2.45) is 0 Å². The van der Waals surface area contributed by atoms with Crippen molar-refractivity contribution >= 4 is 56.3 Å². The Hall–Kier alpha value is -0.420. The highest BCUT2D eigenvalue weighted by Gasteiger charge is 2.15. The van der Waals surface area contributed by atoms with Crippen molar-refractivity contribution < 1.29 is 9.18 Å². The fourth-order valence-corrected chi connectivity index (χ4v) is 3.08. The highest BCUT2D eigenvalue weighted by atomic mass is 79.9. The molecule has 2 rings (SSSR count). The molecule has 1 aromatic heterocycles. The Labute approximate surface area is 119 Å². The van der Waals surface area contributed by atoms with Crippen LogP contribution >= 0.6 is 50.5 Å². The predicted molar refractivity (Wildman–Crippen MR) is 71.9 cm³/mol. The van der Waals surface area contributed by atoms with Crippen LogP contribution in [0.3, 0.4) is 0 Å². The van der Waals surface area contributed by atoms with Crippen LogP contribution in [0.1, 0.15) is 15.2 Å². The van der Waals surface area contributed by atoms with E-state index in [4.69, 9.17) is 23.2 Å². The largest absolute Gasteiger partial charge is 0.288 e. The van der Waals surface area contributed by atoms with Crippen molar-refractivity contribution in [1.29, 1.82) is 0 Å². The van der Waals surface area contributed by atoms with Crippen molar-refractivity contribution in [2.75, 3.05) is 0 Å². The maximum atomic E-state index is 13.0. The number of halogens is 4. The van der Waals surface area contributed by atoms with Crippen molar-refractivity contribution in [3.63, 3.8) is 0 Å². The molecule has 0 saturated carbocycles. The van der Waals surface area contributed by atoms with E-state index in [2.05, 4.69) is 15.9 Å². The molecule has 0 fully saturated rings. The lowest BCUT2D eigenvalue weighted by Gasteiger charge is -1.99. The minimum Gasteiger partial charge on any atom is -0.288 e. The van der Waals surface area contributed by atoms with E-state index in [1.54, 1.807) is 6.07 Å². The molecule has 0 saturated heterocycles. The van der Waals surface area contributed by atoms with Gasteiger partial charge < -0.3 is 0 Å². The average Bonchev–Trinajstić information content (AvgIpc) is 2.62. The third-order valence-electron chi connectivity index (χ3n) is 2.05. The Morgan fingerprint density at radius 2 is 2.00 bits per heavy atom. The van der Waals surface area contributed by atoms with E-state index >= 15 is 0 Å². The molecule has 0 aliphatic rings. The SMILES string of the molecule is O=C(c1ccc(F)c(Cl)c1)c1cc(Br)c(Cl)s1. The van der Waals surface area contributed by atoms with Gasteiger partial charge >= 0.3 is 0 Å². The standard InChI is InChI=1S/C11H4BrCl2FOS/c12-6-4-9(17-11(6)14)10(16)5-1-2-8(15)7(13)3-5/h1-4H. The summed E-state index contributed by atoms with van der Waals surface area (Å²) >= 11 is 15.9. The van der Waals surface area contributed by atoms with Crippen LogP contribution in [0.5, 0.6) is 0 Å². The van der Waals surface area contributed by atoms with Crippen LogP contribution < -0.4 is 0 Å². The van der Waals surface area contributed by atoms with Gasteiger partial charge in [-0.05, 0) is 40.2 Å². The molecule has 0 radical (unpaired) electrons. The molecule has 0 amide bonds. The molecule has 1 aromatic carbocycles. The fourth-order valence-electron chi connectivity index (χ4n) is 1.24. The van der Waals surface area contributed by atoms with E-state index in [-0.39, 0.29) is 10.8 Å². The number of carbonyl (C=O) groups excluding carboxylic acids is 1. The summed E-state index contributed by atoms with van der Waals surface area (Å²) in [6.45, 7) is 0. The monoisotopic (exact) mass is 352 g/mol. The summed E-state index contributed by atoms with van der Waals surface area (Å²) in [5.74, 6) is -0.780. The molecular weight excluding hydrogens is 350 g/mol. The molecule has 6 heteroatoms. The van der Waals surface area contributed by atoms with Gasteiger partial charge in [0.05, 0.1) is 9.90 Å². The van der Waals surface area contributed by atoms with Crippen molar-refractivity contribution in [3.8, 4) is 0 Å². The average molecular weight is 354 g/mol. The van der Waals surface area contributed by atoms with Gasteiger partial charge in [0.15, 0.2) is 0 Å². The van der Waals surface area contributed by atoms with E-state index in [0.717, 1.165) is 11.3 Å². The van der Waals surface area contributed by atoms with Crippen LogP contribution in [0.25, 0.3) is 0 Å². The fraction of sp³-hybridized carbons (Fsp3) is 0. The minimum atomic E-state index is -0.548. The number of hydrogen-bond donors (Lipinski definition) is 0. The molecule has 0 atom stereocenters. The number of hydrogen-bond acceptors (Lipinski definition) is 2. The summed E-state index contributed by atoms with van der Waals surface area (Å²) < 4.78 is 14.1. The zero-order valence-electron chi connectivity index (χ0n) is 8.14. The molecule has 0 aliphatic carbocycles. The van der Waals surface area contributed by atoms with Crippen LogP contribution in [0.4, 0.5) is 4.39 Å². The summed E-state index contributed by atoms with van der Waals surface area (Å²) in [6.07, 6.45) is 0. The lowest BCUT2D eigenvalue weighted by Crippen LogP contribution is -1.98. The molecule has 0 bridgehead atoms. The molecule has 2 aromatic rings. The van der Waals surface area contributed by atoms with E-state index in [1.807, 2.05) is 0 Å². The van der Waals surface area contributed by atoms with E-state index in [9.17, 15) is 9.18 Å². The Kier molecular flexibility index (Phi) is 3.88. The van der Waals surface area contributed by atoms with Gasteiger partial charge in [-0.3, -0.25) is 4.79 Å². The second kappa shape index (κ2) is 5.06. The molecule has 0 spiro atoms. The molecule has 0 N–H and O–H groups in total. The van der Waals surface area contributed by atoms with Gasteiger partial charge in [-0.2, -0.15) is 0 Å². The van der Waals surface area contributed by atoms with Crippen molar-refractivity contribution in [2.45, 2.75) is 0 Å². The lowest BCUT2D eigenvalue weighted by atomic mass is 10.1. The molecule has 88 valence electrons. The Balaban J connectivity index is 2.40. The van der Waals surface area contributed by atoms with Gasteiger partial charge in [0.1, 0.15) is 10.2 Å². The maximum absolute atomic E-state index is 13.0. The zero-order valence-corrected chi connectivity index (χ0v) is 12.1. The number of thiophene rings is 1. The second-order valence-electron chi connectivity index (χ2n) is 3.19. The van der Waals surface area contributed by atoms with E-state index < -0.39 is 5.82 Å². The second-order valence-corrected chi connectivity index (χ2v) is 6.11. The van der Waals surface area contributed by atoms with Crippen LogP contribution in [-0.2, 0) is 0 Å². The summed E-state index contributed by atoms with van der Waals surface area (Å²) in [7, 11) is 0. The van der Waals surface area contributed by atoms with E-state index in [0.29, 0.717) is 19.2 Å². The third kappa shape index (κ3) is 2.71. The van der Waals surface area contributed by atoms with Gasteiger partial charge in [-0.1, -0.05) is 23.2 Å². The summed E-state index contributed by atoms with van der Waals surface area (Å²) in [5.41, 5.74) is 0.335. The van der Waals surface area contributed by atoms with Gasteiger partial charge in [0.2, 0.25) is 5.78 Å². The molecular formula is C11H4BrCl2FOS. The number of carbonyl (C=O) groups is 1. The van der Waals surface area contributed by atoms with Gasteiger partial charge in [-0.25, -0.2) is 4.39 Å². The Morgan fingerprint density at radius 1 is 1.29 bits per heavy atom. The topological polar surface area (TPSA) is 17.1 Å². The lowest BCUT2D eigenvalue weighted by molar-refractivity contribution is 0.104. The zero-order chi connectivity index (χ0) is 12.6. The number of ketones is 1. The molecule has 1 heterocycles. The molecule has 17 heavy (non-hydrogen) atoms. The smallest absolute Gasteiger partial charge is 0.203 e. The van der Waals surface area contributed by atoms with Gasteiger partial charge in [0.25, 0.3) is 0 Å². The quantitative estimate of drug-likeness (QED) is 0.679. The molecule has 0 aliphatic heterocycles. The van der Waals surface area contributed by atoms with Crippen LogP contribution in [0.2, 0.25) is 9.36 Å². The normalized spacial score (nSPS) is 10.6. The maximum Gasteiger partial charge on any atom is 0.203 e. The molecule has 0 unspecified atom stereocenters. The highest BCUT2D eigenvalue weighted by molar-refractivity contribution is 9.10. The van der Waals surface area contributed by atoms with Gasteiger partial charge in [0, 0.05) is 10.0 Å². The Bertz CT molecular complexity index is 578. The van der Waals surface area contributed by atoms with Gasteiger partial charge in [-0.15, -0.1) is 11.3 Å². The minimum absolute atomic E-state index is 0.0717. The first-order chi connectivity index (χ1) is 7.99. The third-order valence-corrected chi connectivity index (χ3v) is 4.81. The number of benzene rings is 1.